The highest BCUT2D eigenvalue weighted by Crippen LogP contribution is 2.42. The lowest BCUT2D eigenvalue weighted by Gasteiger charge is -2.31. The number of carbonyl (C=O) groups is 2. The van der Waals surface area contributed by atoms with Crippen molar-refractivity contribution in [3.63, 3.8) is 0 Å². The lowest BCUT2D eigenvalue weighted by molar-refractivity contribution is -0.113. The van der Waals surface area contributed by atoms with Crippen molar-refractivity contribution in [1.29, 1.82) is 0 Å². The van der Waals surface area contributed by atoms with E-state index in [4.69, 9.17) is 9.47 Å². The number of benzene rings is 3. The van der Waals surface area contributed by atoms with Crippen molar-refractivity contribution in [2.75, 3.05) is 30.2 Å². The molecule has 4 aromatic rings. The highest BCUT2D eigenvalue weighted by atomic mass is 16.5. The third kappa shape index (κ3) is 5.06. The van der Waals surface area contributed by atoms with Gasteiger partial charge in [-0.25, -0.2) is 4.68 Å². The maximum atomic E-state index is 13.7. The summed E-state index contributed by atoms with van der Waals surface area (Å²) in [4.78, 5) is 27.1. The fourth-order valence-corrected chi connectivity index (χ4v) is 4.61. The molecule has 3 aromatic carbocycles. The largest absolute Gasteiger partial charge is 0.497 e. The summed E-state index contributed by atoms with van der Waals surface area (Å²) >= 11 is 0. The summed E-state index contributed by atoms with van der Waals surface area (Å²) in [6.45, 7) is 3.79. The van der Waals surface area contributed by atoms with Gasteiger partial charge in [0.05, 0.1) is 26.0 Å². The number of para-hydroxylation sites is 1. The van der Waals surface area contributed by atoms with Crippen LogP contribution in [0.15, 0.2) is 90.3 Å². The summed E-state index contributed by atoms with van der Waals surface area (Å²) in [6.07, 6.45) is 1.50. The van der Waals surface area contributed by atoms with Crippen molar-refractivity contribution in [1.82, 2.24) is 9.78 Å². The zero-order valence-corrected chi connectivity index (χ0v) is 22.1. The number of anilines is 3. The van der Waals surface area contributed by atoms with Crippen molar-refractivity contribution in [3.8, 4) is 11.5 Å². The Morgan fingerprint density at radius 3 is 2.26 bits per heavy atom. The number of ether oxygens (including phenoxy) is 2. The Morgan fingerprint density at radius 1 is 0.872 bits per heavy atom. The summed E-state index contributed by atoms with van der Waals surface area (Å²) in [5, 5.41) is 13.7. The molecular weight excluding hydrogens is 494 g/mol. The van der Waals surface area contributed by atoms with Crippen molar-refractivity contribution < 1.29 is 19.1 Å². The molecule has 9 heteroatoms. The first-order valence-corrected chi connectivity index (χ1v) is 12.4. The predicted octanol–water partition coefficient (Wildman–Crippen LogP) is 5.39. The molecule has 9 nitrogen and oxygen atoms in total. The third-order valence-electron chi connectivity index (χ3n) is 6.59. The van der Waals surface area contributed by atoms with Gasteiger partial charge in [-0.1, -0.05) is 35.9 Å². The molecule has 2 heterocycles. The van der Waals surface area contributed by atoms with E-state index in [-0.39, 0.29) is 11.8 Å². The van der Waals surface area contributed by atoms with Crippen LogP contribution in [0.3, 0.4) is 0 Å². The van der Waals surface area contributed by atoms with E-state index in [0.29, 0.717) is 51.1 Å². The highest BCUT2D eigenvalue weighted by molar-refractivity contribution is 6.09. The summed E-state index contributed by atoms with van der Waals surface area (Å²) in [6, 6.07) is 21.4. The van der Waals surface area contributed by atoms with Gasteiger partial charge >= 0.3 is 0 Å². The van der Waals surface area contributed by atoms with Crippen LogP contribution in [-0.2, 0) is 4.79 Å². The maximum Gasteiger partial charge on any atom is 0.261 e. The van der Waals surface area contributed by atoms with E-state index in [9.17, 15) is 9.59 Å². The van der Waals surface area contributed by atoms with E-state index in [0.717, 1.165) is 5.56 Å². The van der Waals surface area contributed by atoms with E-state index in [1.54, 1.807) is 38.0 Å². The highest BCUT2D eigenvalue weighted by Gasteiger charge is 2.37. The lowest BCUT2D eigenvalue weighted by atomic mass is 9.93. The number of aryl methyl sites for hydroxylation is 1. The first-order chi connectivity index (χ1) is 18.9. The molecule has 5 rings (SSSR count). The monoisotopic (exact) mass is 523 g/mol. The molecule has 2 amide bonds. The Hall–Kier alpha value is -5.05. The summed E-state index contributed by atoms with van der Waals surface area (Å²) in [5.74, 6) is 0.966. The van der Waals surface area contributed by atoms with Gasteiger partial charge in [-0.15, -0.1) is 0 Å². The van der Waals surface area contributed by atoms with Crippen LogP contribution in [-0.4, -0.2) is 35.8 Å². The normalized spacial score (nSPS) is 14.2. The van der Waals surface area contributed by atoms with Crippen LogP contribution in [0.4, 0.5) is 17.2 Å². The Kier molecular flexibility index (Phi) is 7.05. The number of rotatable bonds is 7. The minimum absolute atomic E-state index is 0.312. The van der Waals surface area contributed by atoms with Crippen LogP contribution in [0.2, 0.25) is 0 Å². The summed E-state index contributed by atoms with van der Waals surface area (Å²) in [7, 11) is 3.14. The maximum absolute atomic E-state index is 13.7. The molecule has 0 fully saturated rings. The second-order valence-electron chi connectivity index (χ2n) is 9.17. The van der Waals surface area contributed by atoms with E-state index in [2.05, 4.69) is 21.0 Å². The van der Waals surface area contributed by atoms with Gasteiger partial charge in [-0.3, -0.25) is 9.59 Å². The number of hydrogen-bond donors (Lipinski definition) is 3. The molecule has 0 radical (unpaired) electrons. The van der Waals surface area contributed by atoms with Gasteiger partial charge < -0.3 is 25.4 Å². The average Bonchev–Trinajstić information content (AvgIpc) is 3.37. The summed E-state index contributed by atoms with van der Waals surface area (Å²) in [5.41, 5.74) is 4.41. The number of methoxy groups -OCH3 is 2. The molecule has 0 saturated heterocycles. The van der Waals surface area contributed by atoms with Crippen LogP contribution in [0.1, 0.15) is 34.5 Å². The Balaban J connectivity index is 1.60. The minimum Gasteiger partial charge on any atom is -0.497 e. The molecule has 1 aliphatic heterocycles. The van der Waals surface area contributed by atoms with Crippen LogP contribution >= 0.6 is 0 Å². The molecule has 0 aliphatic carbocycles. The molecule has 0 unspecified atom stereocenters. The van der Waals surface area contributed by atoms with E-state index in [1.807, 2.05) is 67.6 Å². The predicted molar refractivity (Wildman–Crippen MR) is 150 cm³/mol. The molecule has 0 saturated carbocycles. The quantitative estimate of drug-likeness (QED) is 0.300. The van der Waals surface area contributed by atoms with Gasteiger partial charge in [0.15, 0.2) is 0 Å². The van der Waals surface area contributed by atoms with Crippen molar-refractivity contribution >= 4 is 29.0 Å². The number of nitrogens with zero attached hydrogens (tertiary/aromatic N) is 2. The van der Waals surface area contributed by atoms with E-state index >= 15 is 0 Å². The number of aromatic nitrogens is 2. The number of hydrogen-bond acceptors (Lipinski definition) is 6. The van der Waals surface area contributed by atoms with Crippen molar-refractivity contribution in [2.45, 2.75) is 19.9 Å². The smallest absolute Gasteiger partial charge is 0.261 e. The van der Waals surface area contributed by atoms with Crippen molar-refractivity contribution in [3.05, 3.63) is 107 Å². The van der Waals surface area contributed by atoms with Gasteiger partial charge in [0.1, 0.15) is 28.9 Å². The minimum atomic E-state index is -0.712. The second kappa shape index (κ2) is 10.7. The van der Waals surface area contributed by atoms with Gasteiger partial charge in [0, 0.05) is 22.6 Å². The van der Waals surface area contributed by atoms with Crippen LogP contribution in [0, 0.1) is 6.92 Å². The van der Waals surface area contributed by atoms with Gasteiger partial charge in [0.2, 0.25) is 0 Å². The average molecular weight is 524 g/mol. The fraction of sp³-hybridized carbons (Fsp3) is 0.167. The molecule has 39 heavy (non-hydrogen) atoms. The van der Waals surface area contributed by atoms with Gasteiger partial charge in [-0.2, -0.15) is 5.10 Å². The summed E-state index contributed by atoms with van der Waals surface area (Å²) < 4.78 is 12.8. The molecule has 0 spiro atoms. The number of fused-ring (bicyclic) bond motifs is 1. The fourth-order valence-electron chi connectivity index (χ4n) is 4.61. The van der Waals surface area contributed by atoms with Gasteiger partial charge in [0.25, 0.3) is 11.8 Å². The molecule has 1 aliphatic rings. The van der Waals surface area contributed by atoms with Crippen LogP contribution in [0.25, 0.3) is 0 Å². The Labute approximate surface area is 226 Å². The third-order valence-corrected chi connectivity index (χ3v) is 6.59. The van der Waals surface area contributed by atoms with E-state index in [1.165, 1.54) is 6.20 Å². The Bertz CT molecular complexity index is 1560. The van der Waals surface area contributed by atoms with Gasteiger partial charge in [-0.05, 0) is 56.3 Å². The van der Waals surface area contributed by atoms with Crippen molar-refractivity contribution in [2.24, 2.45) is 0 Å². The zero-order chi connectivity index (χ0) is 27.5. The van der Waals surface area contributed by atoms with Crippen LogP contribution < -0.4 is 25.4 Å². The molecular formula is C30H29N5O4. The zero-order valence-electron chi connectivity index (χ0n) is 22.1. The van der Waals surface area contributed by atoms with E-state index < -0.39 is 6.04 Å². The number of carbonyl (C=O) groups excluding carboxylic acids is 2. The first kappa shape index (κ1) is 25.6. The lowest BCUT2D eigenvalue weighted by Crippen LogP contribution is -2.32. The molecule has 3 N–H and O–H groups in total. The second-order valence-corrected chi connectivity index (χ2v) is 9.17. The molecule has 0 bridgehead atoms. The SMILES string of the molecule is COc1ccc(OC)c([C@@H]2C(C(=O)Nc3ccccc3)=C(C)Nc3c(C(=O)Nc4ccc(C)cc4)cnn32)c1. The molecule has 1 aromatic heterocycles. The topological polar surface area (TPSA) is 107 Å². The number of amides is 2. The number of nitrogens with one attached hydrogen (secondary N) is 3. The number of allylic oxidation sites excluding steroid dienone is 1. The molecule has 1 atom stereocenters. The Morgan fingerprint density at radius 2 is 1.56 bits per heavy atom. The standard InChI is InChI=1S/C30H29N5O4/c1-18-10-12-21(13-11-18)33-29(36)24-17-31-35-27(23-16-22(38-3)14-15-25(23)39-4)26(19(2)32-28(24)35)30(37)34-20-8-6-5-7-9-20/h5-17,27,32H,1-4H3,(H,33,36)(H,34,37)/t27-/m1/s1. The van der Waals surface area contributed by atoms with Crippen LogP contribution in [0.5, 0.6) is 11.5 Å². The first-order valence-electron chi connectivity index (χ1n) is 12.4. The molecule has 198 valence electrons.